The lowest BCUT2D eigenvalue weighted by Crippen LogP contribution is -2.04. The van der Waals surface area contributed by atoms with Crippen molar-refractivity contribution < 1.29 is 4.79 Å². The number of carbonyl (C=O) groups is 1. The Morgan fingerprint density at radius 1 is 1.40 bits per heavy atom. The number of primary amides is 1. The normalized spacial score (nSPS) is 11.3. The van der Waals surface area contributed by atoms with Gasteiger partial charge in [0.2, 0.25) is 5.91 Å². The number of rotatable bonds is 2. The molecule has 0 spiro atoms. The van der Waals surface area contributed by atoms with Gasteiger partial charge >= 0.3 is 0 Å². The fourth-order valence-electron chi connectivity index (χ4n) is 1.68. The van der Waals surface area contributed by atoms with Crippen molar-refractivity contribution in [3.05, 3.63) is 42.1 Å². The molecule has 0 aliphatic rings. The molecule has 0 unspecified atom stereocenters. The molecule has 1 aromatic carbocycles. The molecule has 0 radical (unpaired) electrons. The first-order valence-corrected chi connectivity index (χ1v) is 4.70. The number of aromatic nitrogens is 1. The largest absolute Gasteiger partial charge is 0.366 e. The summed E-state index contributed by atoms with van der Waals surface area (Å²) < 4.78 is 2.02. The number of hydrogen-bond acceptors (Lipinski definition) is 1. The van der Waals surface area contributed by atoms with Gasteiger partial charge in [-0.1, -0.05) is 18.2 Å². The van der Waals surface area contributed by atoms with Crippen LogP contribution in [-0.4, -0.2) is 10.5 Å². The van der Waals surface area contributed by atoms with Crippen molar-refractivity contribution in [3.63, 3.8) is 0 Å². The summed E-state index contributed by atoms with van der Waals surface area (Å²) in [6, 6.07) is 8.03. The van der Waals surface area contributed by atoms with E-state index in [9.17, 15) is 4.79 Å². The van der Waals surface area contributed by atoms with Crippen molar-refractivity contribution in [2.45, 2.75) is 0 Å². The van der Waals surface area contributed by atoms with Gasteiger partial charge in [0, 0.05) is 35.8 Å². The molecular weight excluding hydrogens is 188 g/mol. The Balaban J connectivity index is 2.57. The number of benzene rings is 1. The Hall–Kier alpha value is -2.03. The van der Waals surface area contributed by atoms with E-state index in [-0.39, 0.29) is 0 Å². The lowest BCUT2D eigenvalue weighted by atomic mass is 10.1. The average molecular weight is 200 g/mol. The fraction of sp³-hybridized carbons (Fsp3) is 0.0833. The van der Waals surface area contributed by atoms with Crippen LogP contribution in [-0.2, 0) is 11.8 Å². The lowest BCUT2D eigenvalue weighted by Gasteiger charge is -1.92. The highest BCUT2D eigenvalue weighted by atomic mass is 16.1. The molecule has 15 heavy (non-hydrogen) atoms. The number of hydrogen-bond donors (Lipinski definition) is 1. The van der Waals surface area contributed by atoms with E-state index in [4.69, 9.17) is 5.73 Å². The maximum Gasteiger partial charge on any atom is 0.241 e. The number of para-hydroxylation sites is 1. The minimum absolute atomic E-state index is 0.428. The van der Waals surface area contributed by atoms with Gasteiger partial charge in [-0.25, -0.2) is 0 Å². The van der Waals surface area contributed by atoms with Crippen LogP contribution in [0.1, 0.15) is 5.56 Å². The van der Waals surface area contributed by atoms with Crippen LogP contribution in [0.5, 0.6) is 0 Å². The van der Waals surface area contributed by atoms with Gasteiger partial charge in [-0.3, -0.25) is 4.79 Å². The summed E-state index contributed by atoms with van der Waals surface area (Å²) in [6.07, 6.45) is 5.09. The predicted molar refractivity (Wildman–Crippen MR) is 61.1 cm³/mol. The Labute approximate surface area is 87.8 Å². The first kappa shape index (κ1) is 9.52. The van der Waals surface area contributed by atoms with Crippen molar-refractivity contribution in [2.75, 3.05) is 0 Å². The van der Waals surface area contributed by atoms with Crippen LogP contribution in [0.4, 0.5) is 0 Å². The van der Waals surface area contributed by atoms with Crippen molar-refractivity contribution in [1.82, 2.24) is 4.57 Å². The van der Waals surface area contributed by atoms with Gasteiger partial charge in [0.05, 0.1) is 0 Å². The van der Waals surface area contributed by atoms with Crippen LogP contribution < -0.4 is 5.73 Å². The molecule has 1 amide bonds. The molecule has 3 heteroatoms. The van der Waals surface area contributed by atoms with Gasteiger partial charge in [0.15, 0.2) is 0 Å². The maximum atomic E-state index is 10.6. The zero-order chi connectivity index (χ0) is 10.8. The van der Waals surface area contributed by atoms with Crippen molar-refractivity contribution in [1.29, 1.82) is 0 Å². The molecule has 2 aromatic rings. The number of nitrogens with two attached hydrogens (primary N) is 1. The van der Waals surface area contributed by atoms with Gasteiger partial charge in [-0.05, 0) is 12.1 Å². The molecule has 0 aliphatic carbocycles. The Kier molecular flexibility index (Phi) is 2.29. The van der Waals surface area contributed by atoms with Crippen LogP contribution in [0.25, 0.3) is 17.0 Å². The Morgan fingerprint density at radius 2 is 2.13 bits per heavy atom. The summed E-state index contributed by atoms with van der Waals surface area (Å²) in [7, 11) is 1.98. The zero-order valence-corrected chi connectivity index (χ0v) is 8.47. The van der Waals surface area contributed by atoms with E-state index in [1.807, 2.05) is 42.1 Å². The van der Waals surface area contributed by atoms with E-state index in [0.29, 0.717) is 0 Å². The van der Waals surface area contributed by atoms with Gasteiger partial charge in [-0.2, -0.15) is 0 Å². The molecule has 1 aromatic heterocycles. The minimum Gasteiger partial charge on any atom is -0.366 e. The van der Waals surface area contributed by atoms with Gasteiger partial charge < -0.3 is 10.3 Å². The number of carbonyl (C=O) groups excluding carboxylic acids is 1. The Morgan fingerprint density at radius 3 is 2.87 bits per heavy atom. The lowest BCUT2D eigenvalue weighted by molar-refractivity contribution is -0.113. The van der Waals surface area contributed by atoms with Gasteiger partial charge in [0.1, 0.15) is 0 Å². The average Bonchev–Trinajstić information content (AvgIpc) is 2.54. The van der Waals surface area contributed by atoms with Crippen molar-refractivity contribution in [2.24, 2.45) is 12.8 Å². The molecule has 0 atom stereocenters. The van der Waals surface area contributed by atoms with E-state index < -0.39 is 5.91 Å². The van der Waals surface area contributed by atoms with E-state index in [0.717, 1.165) is 16.5 Å². The SMILES string of the molecule is Cn1cc(C=CC(N)=O)c2ccccc21. The van der Waals surface area contributed by atoms with Crippen LogP contribution in [0, 0.1) is 0 Å². The summed E-state index contributed by atoms with van der Waals surface area (Å²) >= 11 is 0. The molecule has 1 heterocycles. The minimum atomic E-state index is -0.428. The zero-order valence-electron chi connectivity index (χ0n) is 8.47. The molecule has 2 N–H and O–H groups in total. The van der Waals surface area contributed by atoms with Gasteiger partial charge in [-0.15, -0.1) is 0 Å². The molecule has 0 bridgehead atoms. The Bertz CT molecular complexity index is 538. The van der Waals surface area contributed by atoms with Crippen molar-refractivity contribution >= 4 is 22.9 Å². The van der Waals surface area contributed by atoms with Crippen molar-refractivity contribution in [3.8, 4) is 0 Å². The summed E-state index contributed by atoms with van der Waals surface area (Å²) in [5, 5.41) is 1.12. The number of nitrogens with zero attached hydrogens (tertiary/aromatic N) is 1. The van der Waals surface area contributed by atoms with Gasteiger partial charge in [0.25, 0.3) is 0 Å². The number of fused-ring (bicyclic) bond motifs is 1. The third-order valence-corrected chi connectivity index (χ3v) is 2.35. The van der Waals surface area contributed by atoms with E-state index in [1.54, 1.807) is 6.08 Å². The summed E-state index contributed by atoms with van der Waals surface area (Å²) in [5.74, 6) is -0.428. The highest BCUT2D eigenvalue weighted by molar-refractivity contribution is 5.95. The number of amides is 1. The first-order valence-electron chi connectivity index (χ1n) is 4.70. The molecule has 2 rings (SSSR count). The first-order chi connectivity index (χ1) is 7.18. The second-order valence-electron chi connectivity index (χ2n) is 3.45. The van der Waals surface area contributed by atoms with E-state index in [2.05, 4.69) is 0 Å². The van der Waals surface area contributed by atoms with E-state index in [1.165, 1.54) is 6.08 Å². The predicted octanol–water partition coefficient (Wildman–Crippen LogP) is 1.68. The molecule has 0 fully saturated rings. The standard InChI is InChI=1S/C12H12N2O/c1-14-8-9(6-7-12(13)15)10-4-2-3-5-11(10)14/h2-8H,1H3,(H2,13,15). The smallest absolute Gasteiger partial charge is 0.241 e. The highest BCUT2D eigenvalue weighted by Gasteiger charge is 2.02. The molecule has 3 nitrogen and oxygen atoms in total. The molecule has 0 saturated heterocycles. The quantitative estimate of drug-likeness (QED) is 0.736. The van der Waals surface area contributed by atoms with Crippen LogP contribution in [0.3, 0.4) is 0 Å². The topological polar surface area (TPSA) is 48.0 Å². The van der Waals surface area contributed by atoms with Crippen LogP contribution >= 0.6 is 0 Å². The monoisotopic (exact) mass is 200 g/mol. The summed E-state index contributed by atoms with van der Waals surface area (Å²) in [6.45, 7) is 0. The summed E-state index contributed by atoms with van der Waals surface area (Å²) in [5.41, 5.74) is 7.21. The second-order valence-corrected chi connectivity index (χ2v) is 3.45. The van der Waals surface area contributed by atoms with Crippen LogP contribution in [0.15, 0.2) is 36.5 Å². The molecule has 0 aliphatic heterocycles. The highest BCUT2D eigenvalue weighted by Crippen LogP contribution is 2.21. The molecule has 76 valence electrons. The second kappa shape index (κ2) is 3.61. The number of aryl methyl sites for hydroxylation is 1. The molecular formula is C12H12N2O. The fourth-order valence-corrected chi connectivity index (χ4v) is 1.68. The third kappa shape index (κ3) is 1.76. The molecule has 0 saturated carbocycles. The maximum absolute atomic E-state index is 10.6. The summed E-state index contributed by atoms with van der Waals surface area (Å²) in [4.78, 5) is 10.6. The van der Waals surface area contributed by atoms with E-state index >= 15 is 0 Å². The third-order valence-electron chi connectivity index (χ3n) is 2.35. The van der Waals surface area contributed by atoms with Crippen LogP contribution in [0.2, 0.25) is 0 Å².